The molecule has 1 heterocycles. The van der Waals surface area contributed by atoms with Crippen molar-refractivity contribution < 1.29 is 4.39 Å². The smallest absolute Gasteiger partial charge is 0.213 e. The molecule has 54 valence electrons. The lowest BCUT2D eigenvalue weighted by Gasteiger charge is -1.95. The van der Waals surface area contributed by atoms with E-state index in [1.54, 1.807) is 13.0 Å². The van der Waals surface area contributed by atoms with E-state index >= 15 is 0 Å². The summed E-state index contributed by atoms with van der Waals surface area (Å²) in [5, 5.41) is 0. The second kappa shape index (κ2) is 2.97. The molecule has 0 unspecified atom stereocenters. The van der Waals surface area contributed by atoms with Crippen LogP contribution in [-0.2, 0) is 5.88 Å². The molecule has 1 rings (SSSR count). The predicted octanol–water partition coefficient (Wildman–Crippen LogP) is 2.27. The Labute approximate surface area is 63.8 Å². The van der Waals surface area contributed by atoms with Crippen LogP contribution in [0.15, 0.2) is 12.1 Å². The van der Waals surface area contributed by atoms with E-state index in [4.69, 9.17) is 11.6 Å². The molecule has 0 aliphatic rings. The first-order valence-electron chi connectivity index (χ1n) is 2.91. The summed E-state index contributed by atoms with van der Waals surface area (Å²) in [5.74, 6) is -0.200. The number of hydrogen-bond acceptors (Lipinski definition) is 1. The van der Waals surface area contributed by atoms with Crippen molar-refractivity contribution in [3.05, 3.63) is 29.3 Å². The number of halogens is 2. The van der Waals surface area contributed by atoms with Gasteiger partial charge in [-0.05, 0) is 24.6 Å². The van der Waals surface area contributed by atoms with Crippen molar-refractivity contribution >= 4 is 11.6 Å². The van der Waals surface area contributed by atoms with Crippen LogP contribution in [0.2, 0.25) is 0 Å². The average molecular weight is 160 g/mol. The predicted molar refractivity (Wildman–Crippen MR) is 38.5 cm³/mol. The number of aryl methyl sites for hydroxylation is 1. The molecule has 0 saturated carbocycles. The van der Waals surface area contributed by atoms with E-state index in [0.717, 1.165) is 5.56 Å². The largest absolute Gasteiger partial charge is 0.224 e. The van der Waals surface area contributed by atoms with Crippen molar-refractivity contribution in [3.8, 4) is 0 Å². The first kappa shape index (κ1) is 7.48. The third-order valence-corrected chi connectivity index (χ3v) is 1.40. The van der Waals surface area contributed by atoms with Crippen molar-refractivity contribution in [2.45, 2.75) is 12.8 Å². The van der Waals surface area contributed by atoms with E-state index in [0.29, 0.717) is 5.69 Å². The highest BCUT2D eigenvalue weighted by molar-refractivity contribution is 6.16. The summed E-state index contributed by atoms with van der Waals surface area (Å²) >= 11 is 5.44. The zero-order valence-corrected chi connectivity index (χ0v) is 6.32. The van der Waals surface area contributed by atoms with Crippen LogP contribution in [0.1, 0.15) is 11.3 Å². The Morgan fingerprint density at radius 3 is 2.80 bits per heavy atom. The molecule has 1 nitrogen and oxygen atoms in total. The summed E-state index contributed by atoms with van der Waals surface area (Å²) < 4.78 is 12.4. The lowest BCUT2D eigenvalue weighted by atomic mass is 10.2. The fourth-order valence-corrected chi connectivity index (χ4v) is 0.899. The number of nitrogens with zero attached hydrogens (tertiary/aromatic N) is 1. The molecular formula is C7H7ClFN. The highest BCUT2D eigenvalue weighted by atomic mass is 35.5. The Bertz CT molecular complexity index is 217. The standard InChI is InChI=1S/C7H7ClFN/c1-5-2-6(4-8)10-7(9)3-5/h2-3H,4H2,1H3. The van der Waals surface area contributed by atoms with Crippen LogP contribution in [0.3, 0.4) is 0 Å². The topological polar surface area (TPSA) is 12.9 Å². The molecule has 1 aromatic heterocycles. The third-order valence-electron chi connectivity index (χ3n) is 1.13. The van der Waals surface area contributed by atoms with Crippen LogP contribution in [0.25, 0.3) is 0 Å². The monoisotopic (exact) mass is 159 g/mol. The maximum absolute atomic E-state index is 12.4. The maximum Gasteiger partial charge on any atom is 0.213 e. The minimum absolute atomic E-state index is 0.262. The molecule has 1 aromatic rings. The van der Waals surface area contributed by atoms with E-state index in [9.17, 15) is 4.39 Å². The van der Waals surface area contributed by atoms with Crippen molar-refractivity contribution in [1.29, 1.82) is 0 Å². The number of pyridine rings is 1. The number of alkyl halides is 1. The Balaban J connectivity index is 3.06. The summed E-state index contributed by atoms with van der Waals surface area (Å²) in [5.41, 5.74) is 1.43. The molecule has 0 fully saturated rings. The zero-order chi connectivity index (χ0) is 7.56. The van der Waals surface area contributed by atoms with Gasteiger partial charge in [0.2, 0.25) is 5.95 Å². The summed E-state index contributed by atoms with van der Waals surface area (Å²) in [4.78, 5) is 3.55. The molecule has 3 heteroatoms. The van der Waals surface area contributed by atoms with Crippen LogP contribution < -0.4 is 0 Å². The highest BCUT2D eigenvalue weighted by Crippen LogP contribution is 2.05. The van der Waals surface area contributed by atoms with Crippen LogP contribution in [0, 0.1) is 12.9 Å². The lowest BCUT2D eigenvalue weighted by molar-refractivity contribution is 0.578. The second-order valence-corrected chi connectivity index (χ2v) is 2.36. The first-order chi connectivity index (χ1) is 4.72. The van der Waals surface area contributed by atoms with Gasteiger partial charge in [0.15, 0.2) is 0 Å². The molecule has 0 aliphatic carbocycles. The van der Waals surface area contributed by atoms with Crippen LogP contribution in [0.5, 0.6) is 0 Å². The summed E-state index contributed by atoms with van der Waals surface area (Å²) in [6, 6.07) is 3.13. The van der Waals surface area contributed by atoms with Gasteiger partial charge in [-0.3, -0.25) is 0 Å². The van der Waals surface area contributed by atoms with Crippen LogP contribution >= 0.6 is 11.6 Å². The molecule has 0 aromatic carbocycles. The minimum Gasteiger partial charge on any atom is -0.224 e. The van der Waals surface area contributed by atoms with E-state index in [-0.39, 0.29) is 5.88 Å². The zero-order valence-electron chi connectivity index (χ0n) is 5.56. The molecule has 0 amide bonds. The van der Waals surface area contributed by atoms with Gasteiger partial charge in [-0.15, -0.1) is 11.6 Å². The third kappa shape index (κ3) is 1.67. The van der Waals surface area contributed by atoms with Gasteiger partial charge >= 0.3 is 0 Å². The molecule has 0 aliphatic heterocycles. The molecule has 0 atom stereocenters. The Hall–Kier alpha value is -0.630. The van der Waals surface area contributed by atoms with E-state index in [1.807, 2.05) is 0 Å². The number of hydrogen-bond donors (Lipinski definition) is 0. The molecule has 10 heavy (non-hydrogen) atoms. The van der Waals surface area contributed by atoms with Gasteiger partial charge in [-0.25, -0.2) is 4.98 Å². The van der Waals surface area contributed by atoms with E-state index in [1.165, 1.54) is 6.07 Å². The second-order valence-electron chi connectivity index (χ2n) is 2.09. The maximum atomic E-state index is 12.4. The van der Waals surface area contributed by atoms with Gasteiger partial charge in [-0.2, -0.15) is 4.39 Å². The normalized spacial score (nSPS) is 9.90. The van der Waals surface area contributed by atoms with Crippen molar-refractivity contribution in [3.63, 3.8) is 0 Å². The van der Waals surface area contributed by atoms with Crippen molar-refractivity contribution in [2.24, 2.45) is 0 Å². The fraction of sp³-hybridized carbons (Fsp3) is 0.286. The van der Waals surface area contributed by atoms with Gasteiger partial charge in [0, 0.05) is 0 Å². The number of rotatable bonds is 1. The first-order valence-corrected chi connectivity index (χ1v) is 3.45. The fourth-order valence-electron chi connectivity index (χ4n) is 0.763. The molecule has 0 spiro atoms. The Morgan fingerprint density at radius 2 is 2.30 bits per heavy atom. The summed E-state index contributed by atoms with van der Waals surface area (Å²) in [6.07, 6.45) is 0. The summed E-state index contributed by atoms with van der Waals surface area (Å²) in [6.45, 7) is 1.81. The van der Waals surface area contributed by atoms with Crippen LogP contribution in [0.4, 0.5) is 4.39 Å². The van der Waals surface area contributed by atoms with E-state index < -0.39 is 5.95 Å². The Kier molecular flexibility index (Phi) is 2.22. The van der Waals surface area contributed by atoms with Crippen molar-refractivity contribution in [1.82, 2.24) is 4.98 Å². The molecule has 0 N–H and O–H groups in total. The van der Waals surface area contributed by atoms with Gasteiger partial charge < -0.3 is 0 Å². The molecule has 0 bridgehead atoms. The molecule has 0 radical (unpaired) electrons. The van der Waals surface area contributed by atoms with Gasteiger partial charge in [0.25, 0.3) is 0 Å². The quantitative estimate of drug-likeness (QED) is 0.453. The SMILES string of the molecule is Cc1cc(F)nc(CCl)c1. The van der Waals surface area contributed by atoms with Gasteiger partial charge in [-0.1, -0.05) is 0 Å². The molecule has 0 saturated heterocycles. The van der Waals surface area contributed by atoms with Gasteiger partial charge in [0.05, 0.1) is 11.6 Å². The molecular weight excluding hydrogens is 153 g/mol. The van der Waals surface area contributed by atoms with Gasteiger partial charge in [0.1, 0.15) is 0 Å². The van der Waals surface area contributed by atoms with Crippen LogP contribution in [-0.4, -0.2) is 4.98 Å². The number of aromatic nitrogens is 1. The average Bonchev–Trinajstić information content (AvgIpc) is 1.85. The minimum atomic E-state index is -0.462. The van der Waals surface area contributed by atoms with E-state index in [2.05, 4.69) is 4.98 Å². The summed E-state index contributed by atoms with van der Waals surface area (Å²) in [7, 11) is 0. The Morgan fingerprint density at radius 1 is 1.60 bits per heavy atom. The van der Waals surface area contributed by atoms with Crippen molar-refractivity contribution in [2.75, 3.05) is 0 Å². The lowest BCUT2D eigenvalue weighted by Crippen LogP contribution is -1.90. The highest BCUT2D eigenvalue weighted by Gasteiger charge is 1.96.